The number of nitrogen functional groups attached to an aromatic ring is 1. The van der Waals surface area contributed by atoms with Gasteiger partial charge in [0.15, 0.2) is 0 Å². The van der Waals surface area contributed by atoms with Crippen LogP contribution in [0.4, 0.5) is 11.5 Å². The third-order valence-corrected chi connectivity index (χ3v) is 3.91. The second-order valence-corrected chi connectivity index (χ2v) is 5.68. The van der Waals surface area contributed by atoms with Crippen molar-refractivity contribution in [2.24, 2.45) is 0 Å². The maximum absolute atomic E-state index is 5.62. The van der Waals surface area contributed by atoms with E-state index < -0.39 is 0 Å². The molecule has 0 aliphatic carbocycles. The maximum atomic E-state index is 5.62. The Morgan fingerprint density at radius 1 is 1.19 bits per heavy atom. The lowest BCUT2D eigenvalue weighted by Crippen LogP contribution is -2.41. The second kappa shape index (κ2) is 6.59. The maximum Gasteiger partial charge on any atom is 0.123 e. The van der Waals surface area contributed by atoms with Gasteiger partial charge in [-0.1, -0.05) is 30.3 Å². The zero-order chi connectivity index (χ0) is 14.5. The number of nitrogens with two attached hydrogens (primary N) is 1. The molecule has 0 spiro atoms. The van der Waals surface area contributed by atoms with Crippen LogP contribution in [0.15, 0.2) is 48.7 Å². The number of hydrogen-bond acceptors (Lipinski definition) is 4. The third kappa shape index (κ3) is 3.95. The Balaban J connectivity index is 1.57. The van der Waals surface area contributed by atoms with Gasteiger partial charge in [0.2, 0.25) is 0 Å². The van der Waals surface area contributed by atoms with Crippen molar-refractivity contribution in [3.8, 4) is 0 Å². The first-order chi connectivity index (χ1) is 10.3. The van der Waals surface area contributed by atoms with Crippen LogP contribution in [0.25, 0.3) is 0 Å². The lowest BCUT2D eigenvalue weighted by molar-refractivity contribution is 0.208. The van der Waals surface area contributed by atoms with Crippen LogP contribution in [-0.4, -0.2) is 29.0 Å². The molecule has 2 aromatic rings. The standard InChI is InChI=1S/C17H22N4/c18-17-9-8-15(11-19-17)20-16-7-4-10-21(13-16)12-14-5-2-1-3-6-14/h1-3,5-6,8-9,11,16,20H,4,7,10,12-13H2,(H2,18,19). The van der Waals surface area contributed by atoms with Crippen LogP contribution in [0.5, 0.6) is 0 Å². The number of hydrogen-bond donors (Lipinski definition) is 2. The average molecular weight is 282 g/mol. The first-order valence-corrected chi connectivity index (χ1v) is 7.54. The van der Waals surface area contributed by atoms with Gasteiger partial charge in [0, 0.05) is 19.1 Å². The number of nitrogens with zero attached hydrogens (tertiary/aromatic N) is 2. The van der Waals surface area contributed by atoms with E-state index in [0.717, 1.165) is 18.8 Å². The molecule has 1 fully saturated rings. The Kier molecular flexibility index (Phi) is 4.36. The van der Waals surface area contributed by atoms with Crippen LogP contribution in [0.2, 0.25) is 0 Å². The van der Waals surface area contributed by atoms with Crippen LogP contribution in [0, 0.1) is 0 Å². The SMILES string of the molecule is Nc1ccc(NC2CCCN(Cc3ccccc3)C2)cn1. The Labute approximate surface area is 126 Å². The highest BCUT2D eigenvalue weighted by Crippen LogP contribution is 2.18. The van der Waals surface area contributed by atoms with E-state index in [0.29, 0.717) is 11.9 Å². The highest BCUT2D eigenvalue weighted by molar-refractivity contribution is 5.46. The Morgan fingerprint density at radius 3 is 2.81 bits per heavy atom. The van der Waals surface area contributed by atoms with Crippen molar-refractivity contribution in [1.82, 2.24) is 9.88 Å². The molecule has 0 bridgehead atoms. The van der Waals surface area contributed by atoms with Gasteiger partial charge in [0.25, 0.3) is 0 Å². The van der Waals surface area contributed by atoms with E-state index in [1.54, 1.807) is 0 Å². The van der Waals surface area contributed by atoms with Crippen LogP contribution in [0.1, 0.15) is 18.4 Å². The molecule has 3 rings (SSSR count). The van der Waals surface area contributed by atoms with Gasteiger partial charge in [-0.25, -0.2) is 4.98 Å². The zero-order valence-electron chi connectivity index (χ0n) is 12.2. The summed E-state index contributed by atoms with van der Waals surface area (Å²) in [7, 11) is 0. The predicted octanol–water partition coefficient (Wildman–Crippen LogP) is 2.74. The summed E-state index contributed by atoms with van der Waals surface area (Å²) in [5.74, 6) is 0.565. The number of aromatic nitrogens is 1. The van der Waals surface area contributed by atoms with Gasteiger partial charge < -0.3 is 11.1 Å². The molecule has 4 nitrogen and oxygen atoms in total. The van der Waals surface area contributed by atoms with Gasteiger partial charge in [-0.15, -0.1) is 0 Å². The molecule has 1 aromatic carbocycles. The molecular formula is C17H22N4. The summed E-state index contributed by atoms with van der Waals surface area (Å²) in [4.78, 5) is 6.65. The van der Waals surface area contributed by atoms with Gasteiger partial charge in [0.05, 0.1) is 11.9 Å². The summed E-state index contributed by atoms with van der Waals surface area (Å²) in [6.45, 7) is 3.27. The molecule has 4 heteroatoms. The van der Waals surface area contributed by atoms with Crippen molar-refractivity contribution in [3.63, 3.8) is 0 Å². The zero-order valence-corrected chi connectivity index (χ0v) is 12.2. The lowest BCUT2D eigenvalue weighted by atomic mass is 10.0. The molecule has 110 valence electrons. The molecule has 1 aromatic heterocycles. The fourth-order valence-corrected chi connectivity index (χ4v) is 2.88. The largest absolute Gasteiger partial charge is 0.384 e. The number of anilines is 2. The van der Waals surface area contributed by atoms with Crippen molar-refractivity contribution in [3.05, 3.63) is 54.2 Å². The molecule has 1 atom stereocenters. The minimum atomic E-state index is 0.480. The summed E-state index contributed by atoms with van der Waals surface area (Å²) >= 11 is 0. The number of rotatable bonds is 4. The van der Waals surface area contributed by atoms with E-state index in [2.05, 4.69) is 45.5 Å². The monoisotopic (exact) mass is 282 g/mol. The fraction of sp³-hybridized carbons (Fsp3) is 0.353. The van der Waals surface area contributed by atoms with E-state index in [4.69, 9.17) is 5.73 Å². The van der Waals surface area contributed by atoms with E-state index in [9.17, 15) is 0 Å². The summed E-state index contributed by atoms with van der Waals surface area (Å²) in [5, 5.41) is 3.56. The van der Waals surface area contributed by atoms with Crippen molar-refractivity contribution >= 4 is 11.5 Å². The number of likely N-dealkylation sites (tertiary alicyclic amines) is 1. The molecule has 0 amide bonds. The predicted molar refractivity (Wildman–Crippen MR) is 87.0 cm³/mol. The van der Waals surface area contributed by atoms with Gasteiger partial charge in [-0.2, -0.15) is 0 Å². The molecule has 0 saturated carbocycles. The molecule has 2 heterocycles. The quantitative estimate of drug-likeness (QED) is 0.905. The molecule has 1 saturated heterocycles. The molecule has 1 aliphatic rings. The van der Waals surface area contributed by atoms with Gasteiger partial charge in [-0.05, 0) is 37.1 Å². The van der Waals surface area contributed by atoms with Crippen LogP contribution < -0.4 is 11.1 Å². The summed E-state index contributed by atoms with van der Waals surface area (Å²) in [5.41, 5.74) is 8.05. The number of piperidine rings is 1. The molecule has 1 aliphatic heterocycles. The van der Waals surface area contributed by atoms with Crippen molar-refractivity contribution in [2.45, 2.75) is 25.4 Å². The highest BCUT2D eigenvalue weighted by atomic mass is 15.2. The van der Waals surface area contributed by atoms with Crippen LogP contribution in [-0.2, 0) is 6.54 Å². The molecule has 0 radical (unpaired) electrons. The third-order valence-electron chi connectivity index (χ3n) is 3.91. The summed E-state index contributed by atoms with van der Waals surface area (Å²) < 4.78 is 0. The number of nitrogens with one attached hydrogen (secondary N) is 1. The summed E-state index contributed by atoms with van der Waals surface area (Å²) in [6.07, 6.45) is 4.24. The molecular weight excluding hydrogens is 260 g/mol. The fourth-order valence-electron chi connectivity index (χ4n) is 2.88. The Hall–Kier alpha value is -2.07. The minimum absolute atomic E-state index is 0.480. The molecule has 21 heavy (non-hydrogen) atoms. The number of benzene rings is 1. The second-order valence-electron chi connectivity index (χ2n) is 5.68. The average Bonchev–Trinajstić information content (AvgIpc) is 2.51. The summed E-state index contributed by atoms with van der Waals surface area (Å²) in [6, 6.07) is 15.0. The van der Waals surface area contributed by atoms with Gasteiger partial charge in [0.1, 0.15) is 5.82 Å². The van der Waals surface area contributed by atoms with E-state index in [1.807, 2.05) is 18.3 Å². The van der Waals surface area contributed by atoms with Gasteiger partial charge in [-0.3, -0.25) is 4.90 Å². The van der Waals surface area contributed by atoms with Crippen LogP contribution in [0.3, 0.4) is 0 Å². The van der Waals surface area contributed by atoms with E-state index in [1.165, 1.54) is 24.9 Å². The van der Waals surface area contributed by atoms with E-state index in [-0.39, 0.29) is 0 Å². The minimum Gasteiger partial charge on any atom is -0.384 e. The Morgan fingerprint density at radius 2 is 2.05 bits per heavy atom. The molecule has 1 unspecified atom stereocenters. The van der Waals surface area contributed by atoms with E-state index >= 15 is 0 Å². The smallest absolute Gasteiger partial charge is 0.123 e. The number of pyridine rings is 1. The Bertz CT molecular complexity index is 553. The van der Waals surface area contributed by atoms with Crippen LogP contribution >= 0.6 is 0 Å². The first-order valence-electron chi connectivity index (χ1n) is 7.54. The first kappa shape index (κ1) is 13.9. The normalized spacial score (nSPS) is 19.3. The van der Waals surface area contributed by atoms with Crippen molar-refractivity contribution in [2.75, 3.05) is 24.1 Å². The molecule has 3 N–H and O–H groups in total. The van der Waals surface area contributed by atoms with Crippen molar-refractivity contribution < 1.29 is 0 Å². The highest BCUT2D eigenvalue weighted by Gasteiger charge is 2.19. The van der Waals surface area contributed by atoms with Gasteiger partial charge >= 0.3 is 0 Å². The van der Waals surface area contributed by atoms with Crippen molar-refractivity contribution in [1.29, 1.82) is 0 Å². The topological polar surface area (TPSA) is 54.2 Å². The lowest BCUT2D eigenvalue weighted by Gasteiger charge is -2.33.